The van der Waals surface area contributed by atoms with Crippen molar-refractivity contribution in [2.45, 2.75) is 51.5 Å². The van der Waals surface area contributed by atoms with E-state index in [4.69, 9.17) is 4.98 Å². The minimum Gasteiger partial charge on any atom is -0.297 e. The molecule has 1 fully saturated rings. The summed E-state index contributed by atoms with van der Waals surface area (Å²) < 4.78 is 0. The van der Waals surface area contributed by atoms with Gasteiger partial charge in [0.25, 0.3) is 0 Å². The van der Waals surface area contributed by atoms with Gasteiger partial charge in [-0.1, -0.05) is 6.07 Å². The molecule has 1 atom stereocenters. The minimum atomic E-state index is 0.241. The van der Waals surface area contributed by atoms with Crippen LogP contribution in [0.15, 0.2) is 24.4 Å². The summed E-state index contributed by atoms with van der Waals surface area (Å²) in [7, 11) is 0. The topological polar surface area (TPSA) is 41.9 Å². The van der Waals surface area contributed by atoms with E-state index < -0.39 is 0 Å². The third-order valence-corrected chi connectivity index (χ3v) is 5.35. The zero-order chi connectivity index (χ0) is 15.9. The Morgan fingerprint density at radius 3 is 2.96 bits per heavy atom. The number of fused-ring (bicyclic) bond motifs is 2. The van der Waals surface area contributed by atoms with Gasteiger partial charge in [-0.05, 0) is 63.8 Å². The summed E-state index contributed by atoms with van der Waals surface area (Å²) >= 11 is 0. The van der Waals surface area contributed by atoms with Crippen LogP contribution in [0.4, 0.5) is 0 Å². The van der Waals surface area contributed by atoms with Gasteiger partial charge < -0.3 is 0 Å². The molecule has 0 aromatic carbocycles. The van der Waals surface area contributed by atoms with E-state index in [1.807, 2.05) is 13.1 Å². The lowest BCUT2D eigenvalue weighted by Gasteiger charge is -2.40. The van der Waals surface area contributed by atoms with E-state index in [0.717, 1.165) is 37.6 Å². The molecule has 23 heavy (non-hydrogen) atoms. The second-order valence-electron chi connectivity index (χ2n) is 7.16. The lowest BCUT2D eigenvalue weighted by molar-refractivity contribution is 0.135. The summed E-state index contributed by atoms with van der Waals surface area (Å²) in [5.41, 5.74) is 5.21. The van der Waals surface area contributed by atoms with E-state index in [-0.39, 0.29) is 5.41 Å². The summed E-state index contributed by atoms with van der Waals surface area (Å²) in [5, 5.41) is 0. The highest BCUT2D eigenvalue weighted by Crippen LogP contribution is 2.43. The lowest BCUT2D eigenvalue weighted by atomic mass is 9.77. The molecule has 1 aliphatic heterocycles. The van der Waals surface area contributed by atoms with Crippen molar-refractivity contribution < 1.29 is 0 Å². The molecule has 4 heteroatoms. The molecule has 0 amide bonds. The maximum atomic E-state index is 4.83. The molecule has 120 valence electrons. The Morgan fingerprint density at radius 2 is 2.09 bits per heavy atom. The van der Waals surface area contributed by atoms with Crippen molar-refractivity contribution in [3.8, 4) is 0 Å². The van der Waals surface area contributed by atoms with Crippen molar-refractivity contribution in [3.05, 3.63) is 52.9 Å². The van der Waals surface area contributed by atoms with Crippen molar-refractivity contribution in [2.24, 2.45) is 0 Å². The van der Waals surface area contributed by atoms with Gasteiger partial charge in [-0.3, -0.25) is 9.88 Å². The van der Waals surface area contributed by atoms with Crippen molar-refractivity contribution in [3.63, 3.8) is 0 Å². The molecule has 0 N–H and O–H groups in total. The Bertz CT molecular complexity index is 723. The summed E-state index contributed by atoms with van der Waals surface area (Å²) in [6, 6.07) is 6.32. The molecule has 2 aromatic rings. The highest BCUT2D eigenvalue weighted by Gasteiger charge is 2.43. The van der Waals surface area contributed by atoms with Gasteiger partial charge in [0.05, 0.1) is 11.4 Å². The van der Waals surface area contributed by atoms with E-state index in [2.05, 4.69) is 40.0 Å². The molecule has 0 saturated carbocycles. The van der Waals surface area contributed by atoms with Gasteiger partial charge in [0.15, 0.2) is 0 Å². The predicted molar refractivity (Wildman–Crippen MR) is 90.3 cm³/mol. The predicted octanol–water partition coefficient (Wildman–Crippen LogP) is 2.97. The van der Waals surface area contributed by atoms with Crippen LogP contribution in [0.3, 0.4) is 0 Å². The zero-order valence-electron chi connectivity index (χ0n) is 14.0. The molecule has 1 aliphatic carbocycles. The fourth-order valence-corrected chi connectivity index (χ4v) is 4.31. The highest BCUT2D eigenvalue weighted by atomic mass is 15.2. The van der Waals surface area contributed by atoms with Crippen LogP contribution >= 0.6 is 0 Å². The molecular formula is C19H24N4. The van der Waals surface area contributed by atoms with Crippen LogP contribution in [0.1, 0.15) is 47.7 Å². The number of pyridine rings is 1. The second kappa shape index (κ2) is 5.68. The molecule has 2 aliphatic rings. The van der Waals surface area contributed by atoms with Crippen molar-refractivity contribution in [2.75, 3.05) is 13.1 Å². The third-order valence-electron chi connectivity index (χ3n) is 5.35. The van der Waals surface area contributed by atoms with Gasteiger partial charge in [-0.25, -0.2) is 9.97 Å². The van der Waals surface area contributed by atoms with Crippen LogP contribution in [0, 0.1) is 13.8 Å². The molecule has 0 radical (unpaired) electrons. The van der Waals surface area contributed by atoms with E-state index >= 15 is 0 Å². The number of rotatable bonds is 2. The van der Waals surface area contributed by atoms with Crippen LogP contribution < -0.4 is 0 Å². The van der Waals surface area contributed by atoms with Crippen molar-refractivity contribution in [1.82, 2.24) is 19.9 Å². The molecule has 0 bridgehead atoms. The number of likely N-dealkylation sites (tertiary alicyclic amines) is 1. The van der Waals surface area contributed by atoms with E-state index in [1.54, 1.807) is 0 Å². The molecule has 4 rings (SSSR count). The van der Waals surface area contributed by atoms with Gasteiger partial charge in [-0.2, -0.15) is 0 Å². The zero-order valence-corrected chi connectivity index (χ0v) is 14.0. The third kappa shape index (κ3) is 2.76. The molecule has 1 spiro atoms. The average molecular weight is 308 g/mol. The monoisotopic (exact) mass is 308 g/mol. The standard InChI is InChI=1S/C19H24N4/c1-14-5-3-6-17(21-14)12-23-10-4-8-19(13-23)9-7-16-11-20-15(2)22-18(16)19/h3,5-6,11H,4,7-10,12-13H2,1-2H3. The number of piperidine rings is 1. The fraction of sp³-hybridized carbons (Fsp3) is 0.526. The first-order chi connectivity index (χ1) is 11.1. The lowest BCUT2D eigenvalue weighted by Crippen LogP contribution is -2.45. The van der Waals surface area contributed by atoms with Crippen LogP contribution in [0.2, 0.25) is 0 Å². The molecular weight excluding hydrogens is 284 g/mol. The first kappa shape index (κ1) is 14.8. The Kier molecular flexibility index (Phi) is 3.64. The number of hydrogen-bond acceptors (Lipinski definition) is 4. The molecule has 1 unspecified atom stereocenters. The Balaban J connectivity index is 1.58. The van der Waals surface area contributed by atoms with Crippen LogP contribution in [-0.2, 0) is 18.4 Å². The summed E-state index contributed by atoms with van der Waals surface area (Å²) in [6.45, 7) is 7.28. The van der Waals surface area contributed by atoms with Gasteiger partial charge in [0.2, 0.25) is 0 Å². The van der Waals surface area contributed by atoms with Gasteiger partial charge >= 0.3 is 0 Å². The van der Waals surface area contributed by atoms with E-state index in [0.29, 0.717) is 0 Å². The Morgan fingerprint density at radius 1 is 1.17 bits per heavy atom. The van der Waals surface area contributed by atoms with Crippen LogP contribution in [0.5, 0.6) is 0 Å². The average Bonchev–Trinajstić information content (AvgIpc) is 2.85. The van der Waals surface area contributed by atoms with E-state index in [9.17, 15) is 0 Å². The van der Waals surface area contributed by atoms with E-state index in [1.165, 1.54) is 36.2 Å². The van der Waals surface area contributed by atoms with Gasteiger partial charge in [0, 0.05) is 30.4 Å². The Labute approximate surface area is 138 Å². The highest BCUT2D eigenvalue weighted by molar-refractivity contribution is 5.33. The summed E-state index contributed by atoms with van der Waals surface area (Å²) in [6.07, 6.45) is 6.90. The number of nitrogens with zero attached hydrogens (tertiary/aromatic N) is 4. The molecule has 3 heterocycles. The largest absolute Gasteiger partial charge is 0.297 e. The summed E-state index contributed by atoms with van der Waals surface area (Å²) in [5.74, 6) is 0.905. The quantitative estimate of drug-likeness (QED) is 0.855. The number of hydrogen-bond donors (Lipinski definition) is 0. The van der Waals surface area contributed by atoms with Crippen molar-refractivity contribution >= 4 is 0 Å². The smallest absolute Gasteiger partial charge is 0.125 e. The van der Waals surface area contributed by atoms with Gasteiger partial charge in [-0.15, -0.1) is 0 Å². The Hall–Kier alpha value is -1.81. The second-order valence-corrected chi connectivity index (χ2v) is 7.16. The molecule has 2 aromatic heterocycles. The number of aryl methyl sites for hydroxylation is 3. The van der Waals surface area contributed by atoms with Crippen LogP contribution in [-0.4, -0.2) is 32.9 Å². The minimum absolute atomic E-state index is 0.241. The fourth-order valence-electron chi connectivity index (χ4n) is 4.31. The summed E-state index contributed by atoms with van der Waals surface area (Å²) in [4.78, 5) is 16.5. The molecule has 4 nitrogen and oxygen atoms in total. The number of aromatic nitrogens is 3. The maximum absolute atomic E-state index is 4.83. The van der Waals surface area contributed by atoms with Crippen molar-refractivity contribution in [1.29, 1.82) is 0 Å². The first-order valence-corrected chi connectivity index (χ1v) is 8.63. The van der Waals surface area contributed by atoms with Gasteiger partial charge in [0.1, 0.15) is 5.82 Å². The van der Waals surface area contributed by atoms with Crippen LogP contribution in [0.25, 0.3) is 0 Å². The molecule has 1 saturated heterocycles. The maximum Gasteiger partial charge on any atom is 0.125 e. The normalized spacial score (nSPS) is 24.1. The first-order valence-electron chi connectivity index (χ1n) is 8.63. The SMILES string of the molecule is Cc1cccc(CN2CCCC3(CCc4cnc(C)nc43)C2)n1.